The molecule has 1 N–H and O–H groups in total. The number of non-ortho nitro benzene ring substituents is 1. The molecule has 0 radical (unpaired) electrons. The monoisotopic (exact) mass is 354 g/mol. The van der Waals surface area contributed by atoms with E-state index in [0.717, 1.165) is 12.2 Å². The van der Waals surface area contributed by atoms with Gasteiger partial charge < -0.3 is 9.73 Å². The predicted molar refractivity (Wildman–Crippen MR) is 95.6 cm³/mol. The minimum atomic E-state index is -0.593. The Kier molecular flexibility index (Phi) is 4.71. The second-order valence-electron chi connectivity index (χ2n) is 6.43. The molecule has 7 heteroatoms. The normalized spacial score (nSPS) is 19.1. The van der Waals surface area contributed by atoms with Crippen LogP contribution in [-0.4, -0.2) is 16.6 Å². The van der Waals surface area contributed by atoms with Crippen LogP contribution in [0.3, 0.4) is 0 Å². The van der Waals surface area contributed by atoms with Crippen LogP contribution in [0.5, 0.6) is 0 Å². The number of nitro groups is 1. The van der Waals surface area contributed by atoms with Gasteiger partial charge in [0.2, 0.25) is 0 Å². The number of rotatable bonds is 6. The molecule has 0 spiro atoms. The van der Waals surface area contributed by atoms with Gasteiger partial charge in [-0.1, -0.05) is 6.92 Å². The molecule has 0 bridgehead atoms. The maximum atomic E-state index is 12.4. The zero-order valence-electron chi connectivity index (χ0n) is 14.4. The number of benzene rings is 1. The van der Waals surface area contributed by atoms with E-state index >= 15 is 0 Å². The maximum Gasteiger partial charge on any atom is 0.269 e. The second kappa shape index (κ2) is 6.95. The third kappa shape index (κ3) is 3.88. The van der Waals surface area contributed by atoms with E-state index in [1.54, 1.807) is 6.07 Å². The van der Waals surface area contributed by atoms with E-state index in [1.807, 2.05) is 6.07 Å². The molecular weight excluding hydrogens is 336 g/mol. The minimum Gasteiger partial charge on any atom is -0.461 e. The molecule has 3 rings (SSSR count). The van der Waals surface area contributed by atoms with E-state index in [1.165, 1.54) is 37.3 Å². The molecule has 1 heterocycles. The van der Waals surface area contributed by atoms with Gasteiger partial charge in [-0.25, -0.2) is 0 Å². The molecule has 1 fully saturated rings. The fraction of sp³-hybridized carbons (Fsp3) is 0.263. The Balaban J connectivity index is 1.76. The van der Waals surface area contributed by atoms with Crippen LogP contribution >= 0.6 is 0 Å². The van der Waals surface area contributed by atoms with Crippen molar-refractivity contribution in [1.29, 1.82) is 0 Å². The van der Waals surface area contributed by atoms with Crippen molar-refractivity contribution in [2.75, 3.05) is 5.32 Å². The molecule has 1 saturated carbocycles. The lowest BCUT2D eigenvalue weighted by molar-refractivity contribution is -0.384. The number of anilines is 1. The highest BCUT2D eigenvalue weighted by atomic mass is 16.6. The van der Waals surface area contributed by atoms with Crippen molar-refractivity contribution in [2.45, 2.75) is 26.2 Å². The molecule has 1 aromatic heterocycles. The fourth-order valence-electron chi connectivity index (χ4n) is 2.70. The Morgan fingerprint density at radius 3 is 2.42 bits per heavy atom. The van der Waals surface area contributed by atoms with E-state index < -0.39 is 16.6 Å². The van der Waals surface area contributed by atoms with Crippen LogP contribution in [0.2, 0.25) is 0 Å². The largest absolute Gasteiger partial charge is 0.461 e. The highest BCUT2D eigenvalue weighted by Gasteiger charge is 2.36. The Morgan fingerprint density at radius 1 is 1.23 bits per heavy atom. The molecule has 0 unspecified atom stereocenters. The summed E-state index contributed by atoms with van der Waals surface area (Å²) in [6.45, 7) is 3.44. The summed E-state index contributed by atoms with van der Waals surface area (Å²) in [5, 5.41) is 13.2. The van der Waals surface area contributed by atoms with E-state index in [2.05, 4.69) is 12.2 Å². The highest BCUT2D eigenvalue weighted by Crippen LogP contribution is 2.47. The first-order valence-corrected chi connectivity index (χ1v) is 8.23. The van der Waals surface area contributed by atoms with Gasteiger partial charge in [-0.3, -0.25) is 19.7 Å². The minimum absolute atomic E-state index is 0.0481. The van der Waals surface area contributed by atoms with Gasteiger partial charge in [-0.05, 0) is 49.6 Å². The molecule has 7 nitrogen and oxygen atoms in total. The summed E-state index contributed by atoms with van der Waals surface area (Å²) in [6, 6.07) is 8.99. The smallest absolute Gasteiger partial charge is 0.269 e. The van der Waals surface area contributed by atoms with Crippen LogP contribution < -0.4 is 5.32 Å². The quantitative estimate of drug-likeness (QED) is 0.278. The van der Waals surface area contributed by atoms with Gasteiger partial charge in [0.05, 0.1) is 10.5 Å². The van der Waals surface area contributed by atoms with Crippen LogP contribution in [0.15, 0.2) is 46.4 Å². The van der Waals surface area contributed by atoms with Crippen LogP contribution in [0.25, 0.3) is 6.08 Å². The number of nitrogens with zero attached hydrogens (tertiary/aromatic N) is 1. The molecule has 0 saturated heterocycles. The number of Topliss-reactive ketones (excluding diaryl/α,β-unsaturated/α-hetero) is 1. The molecule has 2 aromatic rings. The summed E-state index contributed by atoms with van der Waals surface area (Å²) in [5.74, 6) is 1.32. The fourth-order valence-corrected chi connectivity index (χ4v) is 2.70. The van der Waals surface area contributed by atoms with Crippen LogP contribution in [0, 0.1) is 16.0 Å². The number of furan rings is 1. The van der Waals surface area contributed by atoms with Gasteiger partial charge in [-0.2, -0.15) is 0 Å². The van der Waals surface area contributed by atoms with Crippen molar-refractivity contribution in [1.82, 2.24) is 0 Å². The van der Waals surface area contributed by atoms with Crippen molar-refractivity contribution in [3.05, 3.63) is 63.6 Å². The van der Waals surface area contributed by atoms with Crippen LogP contribution in [-0.2, 0) is 9.59 Å². The van der Waals surface area contributed by atoms with Crippen molar-refractivity contribution < 1.29 is 18.9 Å². The summed E-state index contributed by atoms with van der Waals surface area (Å²) in [5.41, 5.74) is 0.232. The highest BCUT2D eigenvalue weighted by molar-refractivity contribution is 6.25. The summed E-state index contributed by atoms with van der Waals surface area (Å²) < 4.78 is 5.72. The van der Waals surface area contributed by atoms with Crippen LogP contribution in [0.1, 0.15) is 37.7 Å². The molecule has 1 aromatic carbocycles. The molecule has 1 aliphatic carbocycles. The summed E-state index contributed by atoms with van der Waals surface area (Å²) in [4.78, 5) is 34.4. The van der Waals surface area contributed by atoms with Gasteiger partial charge in [0, 0.05) is 23.7 Å². The first kappa shape index (κ1) is 17.6. The zero-order valence-corrected chi connectivity index (χ0v) is 14.4. The third-order valence-corrected chi connectivity index (χ3v) is 4.37. The molecule has 26 heavy (non-hydrogen) atoms. The third-order valence-electron chi connectivity index (χ3n) is 4.37. The van der Waals surface area contributed by atoms with Gasteiger partial charge in [-0.15, -0.1) is 0 Å². The first-order valence-electron chi connectivity index (χ1n) is 8.23. The van der Waals surface area contributed by atoms with E-state index in [0.29, 0.717) is 23.3 Å². The van der Waals surface area contributed by atoms with E-state index in [4.69, 9.17) is 4.42 Å². The molecule has 134 valence electrons. The number of hydrogen-bond donors (Lipinski definition) is 1. The number of nitrogens with one attached hydrogen (secondary N) is 1. The lowest BCUT2D eigenvalue weighted by Crippen LogP contribution is -2.18. The van der Waals surface area contributed by atoms with Crippen LogP contribution in [0.4, 0.5) is 11.4 Å². The number of ketones is 1. The standard InChI is InChI=1S/C19H18N2O5/c1-11-9-16(11)18-8-7-15(26-18)10-17(12(2)22)19(23)20-13-3-5-14(6-4-13)21(24)25/h3-8,10-11,16H,9H2,1-2H3,(H,20,23)/b17-10+/t11-,16+/m1/s1. The number of carbonyl (C=O) groups is 2. The number of hydrogen-bond acceptors (Lipinski definition) is 5. The second-order valence-corrected chi connectivity index (χ2v) is 6.43. The van der Waals surface area contributed by atoms with Gasteiger partial charge in [0.1, 0.15) is 11.5 Å². The molecule has 1 amide bonds. The Morgan fingerprint density at radius 2 is 1.88 bits per heavy atom. The zero-order chi connectivity index (χ0) is 18.8. The van der Waals surface area contributed by atoms with Crippen molar-refractivity contribution in [3.63, 3.8) is 0 Å². The lowest BCUT2D eigenvalue weighted by atomic mass is 10.1. The first-order chi connectivity index (χ1) is 12.3. The summed E-state index contributed by atoms with van der Waals surface area (Å²) >= 11 is 0. The van der Waals surface area contributed by atoms with Crippen molar-refractivity contribution in [2.24, 2.45) is 5.92 Å². The van der Waals surface area contributed by atoms with Gasteiger partial charge in [0.15, 0.2) is 5.78 Å². The van der Waals surface area contributed by atoms with E-state index in [9.17, 15) is 19.7 Å². The Labute approximate surface area is 149 Å². The van der Waals surface area contributed by atoms with E-state index in [-0.39, 0.29) is 11.3 Å². The topological polar surface area (TPSA) is 102 Å². The lowest BCUT2D eigenvalue weighted by Gasteiger charge is -2.06. The van der Waals surface area contributed by atoms with Crippen molar-refractivity contribution in [3.8, 4) is 0 Å². The number of nitro benzene ring substituents is 1. The molecule has 1 aliphatic rings. The van der Waals surface area contributed by atoms with Gasteiger partial charge >= 0.3 is 0 Å². The summed E-state index contributed by atoms with van der Waals surface area (Å²) in [7, 11) is 0. The van der Waals surface area contributed by atoms with Crippen molar-refractivity contribution >= 4 is 29.1 Å². The Bertz CT molecular complexity index is 895. The van der Waals surface area contributed by atoms with Gasteiger partial charge in [0.25, 0.3) is 11.6 Å². The molecule has 0 aliphatic heterocycles. The Hall–Kier alpha value is -3.22. The molecule has 2 atom stereocenters. The predicted octanol–water partition coefficient (Wildman–Crippen LogP) is 3.92. The maximum absolute atomic E-state index is 12.4. The number of carbonyl (C=O) groups excluding carboxylic acids is 2. The summed E-state index contributed by atoms with van der Waals surface area (Å²) in [6.07, 6.45) is 2.50. The average molecular weight is 354 g/mol. The molecular formula is C19H18N2O5. The average Bonchev–Trinajstić information content (AvgIpc) is 3.14. The number of amides is 1. The SMILES string of the molecule is CC(=O)/C(=C\c1ccc([C@H]2C[C@H]2C)o1)C(=O)Nc1ccc([N+](=O)[O-])cc1.